The molecule has 2 aliphatic heterocycles. The van der Waals surface area contributed by atoms with Gasteiger partial charge in [-0.3, -0.25) is 14.5 Å². The molecule has 0 spiro atoms. The lowest BCUT2D eigenvalue weighted by atomic mass is 10.0. The number of hydrogen-bond acceptors (Lipinski definition) is 4. The molecule has 0 bridgehead atoms. The minimum atomic E-state index is -0.236. The Morgan fingerprint density at radius 1 is 1.19 bits per heavy atom. The minimum Gasteiger partial charge on any atom is -0.368 e. The van der Waals surface area contributed by atoms with Gasteiger partial charge < -0.3 is 14.6 Å². The van der Waals surface area contributed by atoms with Crippen LogP contribution in [-0.4, -0.2) is 59.6 Å². The van der Waals surface area contributed by atoms with Crippen molar-refractivity contribution in [3.63, 3.8) is 0 Å². The summed E-state index contributed by atoms with van der Waals surface area (Å²) in [6.45, 7) is 8.45. The molecule has 1 aromatic carbocycles. The molecule has 6 heteroatoms. The molecule has 2 aliphatic rings. The maximum Gasteiger partial charge on any atom is 0.251 e. The number of aromatic nitrogens is 1. The van der Waals surface area contributed by atoms with Crippen molar-refractivity contribution in [1.29, 1.82) is 0 Å². The van der Waals surface area contributed by atoms with Gasteiger partial charge in [0.2, 0.25) is 0 Å². The summed E-state index contributed by atoms with van der Waals surface area (Å²) in [6.07, 6.45) is 1.58. The van der Waals surface area contributed by atoms with Crippen LogP contribution in [0.3, 0.4) is 0 Å². The van der Waals surface area contributed by atoms with E-state index in [0.717, 1.165) is 53.7 Å². The monoisotopic (exact) mass is 369 g/mol. The summed E-state index contributed by atoms with van der Waals surface area (Å²) in [7, 11) is 0. The number of benzene rings is 1. The summed E-state index contributed by atoms with van der Waals surface area (Å²) in [4.78, 5) is 32.7. The molecule has 0 unspecified atom stereocenters. The van der Waals surface area contributed by atoms with Gasteiger partial charge in [0.25, 0.3) is 5.91 Å². The molecular weight excluding hydrogens is 342 g/mol. The van der Waals surface area contributed by atoms with Gasteiger partial charge >= 0.3 is 0 Å². The molecule has 4 rings (SSSR count). The minimum absolute atomic E-state index is 0.0761. The van der Waals surface area contributed by atoms with Crippen molar-refractivity contribution in [1.82, 2.24) is 14.8 Å². The highest BCUT2D eigenvalue weighted by Crippen LogP contribution is 2.19. The van der Waals surface area contributed by atoms with E-state index in [2.05, 4.69) is 9.88 Å². The first-order chi connectivity index (χ1) is 13.0. The molecule has 144 valence electrons. The summed E-state index contributed by atoms with van der Waals surface area (Å²) < 4.78 is 5.52. The summed E-state index contributed by atoms with van der Waals surface area (Å²) >= 11 is 0. The fraction of sp³-hybridized carbons (Fsp3) is 0.524. The number of nitrogens with zero attached hydrogens (tertiary/aromatic N) is 2. The van der Waals surface area contributed by atoms with Gasteiger partial charge in [0.05, 0.1) is 5.52 Å². The SMILES string of the molecule is Cc1ccc(C)c2c(=O)cc(CN3CCN(C(=O)[C@@H]4CCCO4)CC3)[nH]c12. The van der Waals surface area contributed by atoms with E-state index in [0.29, 0.717) is 26.2 Å². The predicted octanol–water partition coefficient (Wildman–Crippen LogP) is 1.97. The lowest BCUT2D eigenvalue weighted by molar-refractivity contribution is -0.142. The van der Waals surface area contributed by atoms with Gasteiger partial charge in [0.15, 0.2) is 5.43 Å². The molecule has 27 heavy (non-hydrogen) atoms. The Morgan fingerprint density at radius 3 is 2.63 bits per heavy atom. The summed E-state index contributed by atoms with van der Waals surface area (Å²) in [5.41, 5.74) is 4.03. The number of ether oxygens (including phenoxy) is 1. The molecular formula is C21H27N3O3. The van der Waals surface area contributed by atoms with E-state index in [9.17, 15) is 9.59 Å². The third kappa shape index (κ3) is 3.64. The molecule has 1 atom stereocenters. The van der Waals surface area contributed by atoms with Crippen molar-refractivity contribution < 1.29 is 9.53 Å². The summed E-state index contributed by atoms with van der Waals surface area (Å²) in [5, 5.41) is 0.783. The first kappa shape index (κ1) is 18.2. The number of carbonyl (C=O) groups excluding carboxylic acids is 1. The normalized spacial score (nSPS) is 21.1. The van der Waals surface area contributed by atoms with Gasteiger partial charge in [-0.05, 0) is 37.8 Å². The lowest BCUT2D eigenvalue weighted by Gasteiger charge is -2.35. The lowest BCUT2D eigenvalue weighted by Crippen LogP contribution is -2.51. The van der Waals surface area contributed by atoms with Crippen molar-refractivity contribution >= 4 is 16.8 Å². The van der Waals surface area contributed by atoms with Gasteiger partial charge in [-0.1, -0.05) is 12.1 Å². The van der Waals surface area contributed by atoms with E-state index in [1.54, 1.807) is 6.07 Å². The topological polar surface area (TPSA) is 65.6 Å². The average molecular weight is 369 g/mol. The second-order valence-corrected chi connectivity index (χ2v) is 7.71. The molecule has 3 heterocycles. The zero-order valence-corrected chi connectivity index (χ0v) is 16.1. The second kappa shape index (κ2) is 7.44. The van der Waals surface area contributed by atoms with Gasteiger partial charge in [-0.15, -0.1) is 0 Å². The molecule has 6 nitrogen and oxygen atoms in total. The Kier molecular flexibility index (Phi) is 5.02. The molecule has 2 fully saturated rings. The van der Waals surface area contributed by atoms with E-state index >= 15 is 0 Å². The molecule has 1 amide bonds. The predicted molar refractivity (Wildman–Crippen MR) is 105 cm³/mol. The maximum atomic E-state index is 12.6. The van der Waals surface area contributed by atoms with Crippen LogP contribution < -0.4 is 5.43 Å². The standard InChI is InChI=1S/C21H27N3O3/c1-14-5-6-15(2)20-19(14)17(25)12-16(22-20)13-23-7-9-24(10-8-23)21(26)18-4-3-11-27-18/h5-6,12,18H,3-4,7-11,13H2,1-2H3,(H,22,25)/t18-/m0/s1. The second-order valence-electron chi connectivity index (χ2n) is 7.71. The van der Waals surface area contributed by atoms with E-state index in [1.807, 2.05) is 30.9 Å². The van der Waals surface area contributed by atoms with Crippen molar-refractivity contribution in [2.75, 3.05) is 32.8 Å². The van der Waals surface area contributed by atoms with E-state index < -0.39 is 0 Å². The molecule has 0 saturated carbocycles. The zero-order chi connectivity index (χ0) is 19.0. The first-order valence-electron chi connectivity index (χ1n) is 9.78. The number of nitrogens with one attached hydrogen (secondary N) is 1. The van der Waals surface area contributed by atoms with Gasteiger partial charge in [0, 0.05) is 56.5 Å². The van der Waals surface area contributed by atoms with Gasteiger partial charge in [-0.2, -0.15) is 0 Å². The smallest absolute Gasteiger partial charge is 0.251 e. The molecule has 1 N–H and O–H groups in total. The van der Waals surface area contributed by atoms with Crippen molar-refractivity contribution in [2.24, 2.45) is 0 Å². The van der Waals surface area contributed by atoms with Crippen molar-refractivity contribution in [2.45, 2.75) is 39.3 Å². The van der Waals surface area contributed by atoms with E-state index in [1.165, 1.54) is 0 Å². The number of piperazine rings is 1. The number of H-pyrrole nitrogens is 1. The summed E-state index contributed by atoms with van der Waals surface area (Å²) in [6, 6.07) is 5.77. The van der Waals surface area contributed by atoms with Crippen LogP contribution in [0, 0.1) is 13.8 Å². The van der Waals surface area contributed by atoms with Gasteiger partial charge in [0.1, 0.15) is 6.10 Å². The van der Waals surface area contributed by atoms with Crippen molar-refractivity contribution in [3.05, 3.63) is 45.2 Å². The highest BCUT2D eigenvalue weighted by molar-refractivity contribution is 5.84. The number of amides is 1. The number of carbonyl (C=O) groups is 1. The van der Waals surface area contributed by atoms with Crippen LogP contribution >= 0.6 is 0 Å². The third-order valence-electron chi connectivity index (χ3n) is 5.74. The quantitative estimate of drug-likeness (QED) is 0.898. The third-order valence-corrected chi connectivity index (χ3v) is 5.74. The Hall–Kier alpha value is -2.18. The number of rotatable bonds is 3. The average Bonchev–Trinajstić information content (AvgIpc) is 3.19. The molecule has 0 aliphatic carbocycles. The van der Waals surface area contributed by atoms with Crippen LogP contribution in [0.2, 0.25) is 0 Å². The Bertz CT molecular complexity index is 907. The van der Waals surface area contributed by atoms with Crippen LogP contribution in [0.15, 0.2) is 23.0 Å². The fourth-order valence-corrected chi connectivity index (χ4v) is 4.15. The Labute approximate surface area is 159 Å². The molecule has 2 saturated heterocycles. The van der Waals surface area contributed by atoms with Crippen LogP contribution in [0.4, 0.5) is 0 Å². The van der Waals surface area contributed by atoms with E-state index in [4.69, 9.17) is 4.74 Å². The highest BCUT2D eigenvalue weighted by atomic mass is 16.5. The number of hydrogen-bond donors (Lipinski definition) is 1. The van der Waals surface area contributed by atoms with Crippen LogP contribution in [0.5, 0.6) is 0 Å². The fourth-order valence-electron chi connectivity index (χ4n) is 4.15. The van der Waals surface area contributed by atoms with Crippen LogP contribution in [-0.2, 0) is 16.1 Å². The Balaban J connectivity index is 1.44. The first-order valence-corrected chi connectivity index (χ1v) is 9.78. The molecule has 1 aromatic heterocycles. The number of fused-ring (bicyclic) bond motifs is 1. The number of aryl methyl sites for hydroxylation is 2. The Morgan fingerprint density at radius 2 is 1.93 bits per heavy atom. The zero-order valence-electron chi connectivity index (χ0n) is 16.1. The van der Waals surface area contributed by atoms with Crippen molar-refractivity contribution in [3.8, 4) is 0 Å². The summed E-state index contributed by atoms with van der Waals surface area (Å²) in [5.74, 6) is 0.136. The molecule has 0 radical (unpaired) electrons. The van der Waals surface area contributed by atoms with Gasteiger partial charge in [-0.25, -0.2) is 0 Å². The van der Waals surface area contributed by atoms with Crippen LogP contribution in [0.25, 0.3) is 10.9 Å². The molecule has 2 aromatic rings. The highest BCUT2D eigenvalue weighted by Gasteiger charge is 2.30. The van der Waals surface area contributed by atoms with Crippen LogP contribution in [0.1, 0.15) is 29.7 Å². The largest absolute Gasteiger partial charge is 0.368 e. The van der Waals surface area contributed by atoms with E-state index in [-0.39, 0.29) is 17.4 Å². The number of aromatic amines is 1. The maximum absolute atomic E-state index is 12.6. The number of pyridine rings is 1.